The lowest BCUT2D eigenvalue weighted by atomic mass is 10.0. The van der Waals surface area contributed by atoms with Crippen molar-refractivity contribution in [2.24, 2.45) is 0 Å². The number of halogens is 2. The van der Waals surface area contributed by atoms with Gasteiger partial charge in [0.1, 0.15) is 17.3 Å². The third-order valence-electron chi connectivity index (χ3n) is 5.90. The molecule has 1 saturated heterocycles. The van der Waals surface area contributed by atoms with Gasteiger partial charge in [0.25, 0.3) is 0 Å². The van der Waals surface area contributed by atoms with Crippen LogP contribution in [-0.4, -0.2) is 56.3 Å². The van der Waals surface area contributed by atoms with E-state index in [2.05, 4.69) is 9.97 Å². The van der Waals surface area contributed by atoms with Gasteiger partial charge in [0.05, 0.1) is 36.2 Å². The number of amides is 1. The highest BCUT2D eigenvalue weighted by molar-refractivity contribution is 5.72. The van der Waals surface area contributed by atoms with Crippen LogP contribution in [0.25, 0.3) is 28.2 Å². The molecule has 7 nitrogen and oxygen atoms in total. The van der Waals surface area contributed by atoms with Gasteiger partial charge in [-0.25, -0.2) is 18.6 Å². The summed E-state index contributed by atoms with van der Waals surface area (Å²) in [6.45, 7) is 2.63. The SMILES string of the molecule is Cc1ccn2c(C[C@H]3CN(C(=O)O)CCO3)c(-c3c(F)cc(-c4ccc[nH]4)cc3F)nc2c1. The number of benzene rings is 1. The highest BCUT2D eigenvalue weighted by Gasteiger charge is 2.28. The summed E-state index contributed by atoms with van der Waals surface area (Å²) in [5.41, 5.74) is 3.05. The van der Waals surface area contributed by atoms with Crippen LogP contribution in [0.15, 0.2) is 48.8 Å². The molecular formula is C24H22F2N4O3. The first-order valence-corrected chi connectivity index (χ1v) is 10.6. The van der Waals surface area contributed by atoms with Crippen LogP contribution < -0.4 is 0 Å². The normalized spacial score (nSPS) is 16.5. The summed E-state index contributed by atoms with van der Waals surface area (Å²) in [5.74, 6) is -1.45. The average molecular weight is 452 g/mol. The number of rotatable bonds is 4. The Labute approximate surface area is 188 Å². The molecule has 0 aliphatic carbocycles. The maximum atomic E-state index is 15.3. The molecule has 9 heteroatoms. The minimum absolute atomic E-state index is 0.171. The molecule has 170 valence electrons. The van der Waals surface area contributed by atoms with E-state index in [9.17, 15) is 9.90 Å². The number of aryl methyl sites for hydroxylation is 1. The van der Waals surface area contributed by atoms with E-state index in [0.29, 0.717) is 22.6 Å². The zero-order valence-electron chi connectivity index (χ0n) is 17.9. The number of fused-ring (bicyclic) bond motifs is 1. The zero-order chi connectivity index (χ0) is 23.1. The molecule has 1 aromatic carbocycles. The smallest absolute Gasteiger partial charge is 0.407 e. The first-order valence-electron chi connectivity index (χ1n) is 10.6. The Morgan fingerprint density at radius 2 is 2.06 bits per heavy atom. The number of carboxylic acid groups (broad SMARTS) is 1. The van der Waals surface area contributed by atoms with Gasteiger partial charge in [0.15, 0.2) is 0 Å². The van der Waals surface area contributed by atoms with E-state index in [1.807, 2.05) is 19.1 Å². The van der Waals surface area contributed by atoms with Crippen LogP contribution in [0.4, 0.5) is 13.6 Å². The molecule has 2 N–H and O–H groups in total. The number of ether oxygens (including phenoxy) is 1. The molecule has 5 rings (SSSR count). The third-order valence-corrected chi connectivity index (χ3v) is 5.90. The van der Waals surface area contributed by atoms with Crippen LogP contribution in [0.2, 0.25) is 0 Å². The van der Waals surface area contributed by atoms with Crippen molar-refractivity contribution < 1.29 is 23.4 Å². The number of aromatic amines is 1. The fourth-order valence-electron chi connectivity index (χ4n) is 4.29. The molecule has 1 fully saturated rings. The van der Waals surface area contributed by atoms with Crippen molar-refractivity contribution in [2.45, 2.75) is 19.4 Å². The Hall–Kier alpha value is -3.72. The maximum Gasteiger partial charge on any atom is 0.407 e. The Morgan fingerprint density at radius 3 is 2.76 bits per heavy atom. The Morgan fingerprint density at radius 1 is 1.27 bits per heavy atom. The summed E-state index contributed by atoms with van der Waals surface area (Å²) >= 11 is 0. The molecule has 0 unspecified atom stereocenters. The molecule has 1 aliphatic rings. The van der Waals surface area contributed by atoms with Crippen LogP contribution in [0.1, 0.15) is 11.3 Å². The van der Waals surface area contributed by atoms with E-state index in [-0.39, 0.29) is 37.4 Å². The molecule has 1 aliphatic heterocycles. The second-order valence-electron chi connectivity index (χ2n) is 8.16. The lowest BCUT2D eigenvalue weighted by Gasteiger charge is -2.31. The van der Waals surface area contributed by atoms with E-state index < -0.39 is 23.8 Å². The largest absolute Gasteiger partial charge is 0.465 e. The Kier molecular flexibility index (Phi) is 5.33. The minimum Gasteiger partial charge on any atom is -0.465 e. The minimum atomic E-state index is -1.02. The molecule has 33 heavy (non-hydrogen) atoms. The molecule has 4 aromatic rings. The van der Waals surface area contributed by atoms with Crippen molar-refractivity contribution in [1.29, 1.82) is 0 Å². The zero-order valence-corrected chi connectivity index (χ0v) is 17.9. The third kappa shape index (κ3) is 3.95. The standard InChI is InChI=1S/C24H22F2N4O3/c1-14-4-6-30-20(12-16-13-29(24(31)32)7-8-33-16)23(28-21(30)9-14)22-17(25)10-15(11-18(22)26)19-3-2-5-27-19/h2-6,9-11,16,27H,7-8,12-13H2,1H3,(H,31,32)/t16-/m0/s1. The first-order chi connectivity index (χ1) is 15.9. The number of imidazole rings is 1. The van der Waals surface area contributed by atoms with Crippen molar-refractivity contribution in [2.75, 3.05) is 19.7 Å². The maximum absolute atomic E-state index is 15.3. The monoisotopic (exact) mass is 452 g/mol. The second-order valence-corrected chi connectivity index (χ2v) is 8.16. The predicted octanol–water partition coefficient (Wildman–Crippen LogP) is 4.50. The molecular weight excluding hydrogens is 430 g/mol. The van der Waals surface area contributed by atoms with Crippen molar-refractivity contribution in [3.8, 4) is 22.5 Å². The van der Waals surface area contributed by atoms with E-state index in [1.165, 1.54) is 17.0 Å². The van der Waals surface area contributed by atoms with Gasteiger partial charge in [-0.15, -0.1) is 0 Å². The molecule has 0 spiro atoms. The van der Waals surface area contributed by atoms with Gasteiger partial charge >= 0.3 is 6.09 Å². The number of hydrogen-bond acceptors (Lipinski definition) is 3. The number of nitrogens with zero attached hydrogens (tertiary/aromatic N) is 3. The molecule has 4 heterocycles. The molecule has 3 aromatic heterocycles. The fraction of sp³-hybridized carbons (Fsp3) is 0.250. The van der Waals surface area contributed by atoms with Crippen molar-refractivity contribution >= 4 is 11.7 Å². The van der Waals surface area contributed by atoms with E-state index in [4.69, 9.17) is 4.74 Å². The number of H-pyrrole nitrogens is 1. The summed E-state index contributed by atoms with van der Waals surface area (Å²) < 4.78 is 38.2. The lowest BCUT2D eigenvalue weighted by Crippen LogP contribution is -2.45. The summed E-state index contributed by atoms with van der Waals surface area (Å²) in [7, 11) is 0. The molecule has 1 amide bonds. The van der Waals surface area contributed by atoms with E-state index in [1.54, 1.807) is 28.9 Å². The van der Waals surface area contributed by atoms with Gasteiger partial charge in [0.2, 0.25) is 0 Å². The molecule has 0 bridgehead atoms. The van der Waals surface area contributed by atoms with Gasteiger partial charge < -0.3 is 24.1 Å². The highest BCUT2D eigenvalue weighted by atomic mass is 19.1. The number of morpholine rings is 1. The predicted molar refractivity (Wildman–Crippen MR) is 118 cm³/mol. The number of pyridine rings is 1. The number of carbonyl (C=O) groups is 1. The highest BCUT2D eigenvalue weighted by Crippen LogP contribution is 2.34. The fourth-order valence-corrected chi connectivity index (χ4v) is 4.29. The van der Waals surface area contributed by atoms with E-state index in [0.717, 1.165) is 5.56 Å². The molecule has 1 atom stereocenters. The van der Waals surface area contributed by atoms with Gasteiger partial charge in [-0.2, -0.15) is 0 Å². The van der Waals surface area contributed by atoms with Crippen LogP contribution in [0, 0.1) is 18.6 Å². The van der Waals surface area contributed by atoms with Gasteiger partial charge in [0, 0.05) is 36.6 Å². The van der Waals surface area contributed by atoms with Crippen molar-refractivity contribution in [1.82, 2.24) is 19.3 Å². The summed E-state index contributed by atoms with van der Waals surface area (Å²) in [6, 6.07) is 9.78. The van der Waals surface area contributed by atoms with E-state index >= 15 is 8.78 Å². The van der Waals surface area contributed by atoms with Gasteiger partial charge in [-0.1, -0.05) is 0 Å². The number of hydrogen-bond donors (Lipinski definition) is 2. The topological polar surface area (TPSA) is 82.9 Å². The van der Waals surface area contributed by atoms with Crippen LogP contribution in [0.3, 0.4) is 0 Å². The van der Waals surface area contributed by atoms with Gasteiger partial charge in [-0.3, -0.25) is 0 Å². The summed E-state index contributed by atoms with van der Waals surface area (Å²) in [6.07, 6.45) is 2.26. The van der Waals surface area contributed by atoms with Crippen molar-refractivity contribution in [3.05, 3.63) is 71.7 Å². The van der Waals surface area contributed by atoms with Gasteiger partial charge in [-0.05, 0) is 48.9 Å². The first kappa shape index (κ1) is 21.1. The summed E-state index contributed by atoms with van der Waals surface area (Å²) in [4.78, 5) is 20.2. The Balaban J connectivity index is 1.61. The number of nitrogens with one attached hydrogen (secondary N) is 1. The summed E-state index contributed by atoms with van der Waals surface area (Å²) in [5, 5.41) is 9.35. The molecule has 0 saturated carbocycles. The number of aromatic nitrogens is 3. The van der Waals surface area contributed by atoms with Crippen LogP contribution >= 0.6 is 0 Å². The second kappa shape index (κ2) is 8.32. The average Bonchev–Trinajstić information content (AvgIpc) is 3.42. The lowest BCUT2D eigenvalue weighted by molar-refractivity contribution is -0.0214. The van der Waals surface area contributed by atoms with Crippen LogP contribution in [-0.2, 0) is 11.2 Å². The van der Waals surface area contributed by atoms with Crippen molar-refractivity contribution in [3.63, 3.8) is 0 Å². The quantitative estimate of drug-likeness (QED) is 0.478. The van der Waals surface area contributed by atoms with Crippen LogP contribution in [0.5, 0.6) is 0 Å². The molecule has 0 radical (unpaired) electrons. The Bertz CT molecular complexity index is 1310.